The smallest absolute Gasteiger partial charge is 0.462 e. The molecule has 0 spiro atoms. The summed E-state index contributed by atoms with van der Waals surface area (Å²) in [5, 5.41) is 0. The third-order valence-corrected chi connectivity index (χ3v) is 3.81. The van der Waals surface area contributed by atoms with Crippen molar-refractivity contribution < 1.29 is 37.4 Å². The molecular formula is C10H17O8P. The molecule has 0 rings (SSSR count). The molecule has 0 aromatic carbocycles. The molecule has 0 aromatic heterocycles. The molecule has 0 aliphatic rings. The SMILES string of the molecule is COC(=O)OC(/C=C/COC(C)=O)P(=O)(OC)OC. The lowest BCUT2D eigenvalue weighted by Crippen LogP contribution is -2.18. The molecule has 1 atom stereocenters. The molecule has 0 aromatic rings. The van der Waals surface area contributed by atoms with Crippen LogP contribution in [0.2, 0.25) is 0 Å². The van der Waals surface area contributed by atoms with Crippen LogP contribution in [0.3, 0.4) is 0 Å². The Bertz CT molecular complexity index is 370. The molecule has 0 saturated carbocycles. The van der Waals surface area contributed by atoms with Crippen LogP contribution in [0, 0.1) is 0 Å². The first kappa shape index (κ1) is 17.6. The first-order valence-corrected chi connectivity index (χ1v) is 6.76. The Morgan fingerprint density at radius 3 is 2.21 bits per heavy atom. The highest BCUT2D eigenvalue weighted by molar-refractivity contribution is 7.54. The van der Waals surface area contributed by atoms with Crippen LogP contribution in [-0.2, 0) is 32.6 Å². The maximum Gasteiger partial charge on any atom is 0.509 e. The van der Waals surface area contributed by atoms with Crippen molar-refractivity contribution in [3.8, 4) is 0 Å². The molecule has 0 saturated heterocycles. The minimum absolute atomic E-state index is 0.0657. The van der Waals surface area contributed by atoms with Gasteiger partial charge in [0, 0.05) is 21.1 Å². The van der Waals surface area contributed by atoms with Crippen LogP contribution in [0.1, 0.15) is 6.92 Å². The van der Waals surface area contributed by atoms with Gasteiger partial charge in [-0.25, -0.2) is 4.79 Å². The Kier molecular flexibility index (Phi) is 8.06. The van der Waals surface area contributed by atoms with Gasteiger partial charge in [-0.05, 0) is 12.2 Å². The van der Waals surface area contributed by atoms with Gasteiger partial charge in [0.2, 0.25) is 5.85 Å². The fourth-order valence-corrected chi connectivity index (χ4v) is 2.09. The van der Waals surface area contributed by atoms with Gasteiger partial charge in [-0.1, -0.05) is 0 Å². The summed E-state index contributed by atoms with van der Waals surface area (Å²) in [7, 11) is -0.268. The molecule has 1 unspecified atom stereocenters. The summed E-state index contributed by atoms with van der Waals surface area (Å²) in [6.45, 7) is 1.18. The Morgan fingerprint density at radius 2 is 1.79 bits per heavy atom. The van der Waals surface area contributed by atoms with E-state index in [1.54, 1.807) is 0 Å². The molecule has 0 fully saturated rings. The van der Waals surface area contributed by atoms with Gasteiger partial charge < -0.3 is 23.3 Å². The molecule has 0 N–H and O–H groups in total. The molecule has 0 aliphatic carbocycles. The summed E-state index contributed by atoms with van der Waals surface area (Å²) in [5.41, 5.74) is 0. The van der Waals surface area contributed by atoms with E-state index in [0.29, 0.717) is 0 Å². The molecular weight excluding hydrogens is 279 g/mol. The van der Waals surface area contributed by atoms with Gasteiger partial charge in [0.25, 0.3) is 0 Å². The van der Waals surface area contributed by atoms with E-state index >= 15 is 0 Å². The van der Waals surface area contributed by atoms with Gasteiger partial charge >= 0.3 is 19.7 Å². The Morgan fingerprint density at radius 1 is 1.21 bits per heavy atom. The van der Waals surface area contributed by atoms with Crippen LogP contribution in [0.15, 0.2) is 12.2 Å². The van der Waals surface area contributed by atoms with Crippen LogP contribution in [0.25, 0.3) is 0 Å². The Labute approximate surface area is 111 Å². The maximum absolute atomic E-state index is 12.1. The number of rotatable bonds is 7. The van der Waals surface area contributed by atoms with E-state index < -0.39 is 25.6 Å². The van der Waals surface area contributed by atoms with Crippen molar-refractivity contribution in [1.29, 1.82) is 0 Å². The molecule has 0 aliphatic heterocycles. The first-order chi connectivity index (χ1) is 8.89. The quantitative estimate of drug-likeness (QED) is 0.398. The van der Waals surface area contributed by atoms with Gasteiger partial charge in [0.15, 0.2) is 0 Å². The molecule has 19 heavy (non-hydrogen) atoms. The monoisotopic (exact) mass is 296 g/mol. The summed E-state index contributed by atoms with van der Waals surface area (Å²) in [5.74, 6) is -1.78. The van der Waals surface area contributed by atoms with E-state index in [1.807, 2.05) is 0 Å². The Hall–Kier alpha value is -1.37. The van der Waals surface area contributed by atoms with Crippen LogP contribution in [-0.4, -0.2) is 45.9 Å². The normalized spacial score (nSPS) is 13.1. The predicted octanol–water partition coefficient (Wildman–Crippen LogP) is 1.70. The highest BCUT2D eigenvalue weighted by Gasteiger charge is 2.35. The second-order valence-corrected chi connectivity index (χ2v) is 5.42. The topological polar surface area (TPSA) is 97.4 Å². The molecule has 0 radical (unpaired) electrons. The second-order valence-electron chi connectivity index (χ2n) is 3.10. The number of hydrogen-bond donors (Lipinski definition) is 0. The van der Waals surface area contributed by atoms with Gasteiger partial charge in [0.05, 0.1) is 7.11 Å². The zero-order chi connectivity index (χ0) is 14.9. The van der Waals surface area contributed by atoms with Crippen LogP contribution in [0.5, 0.6) is 0 Å². The highest BCUT2D eigenvalue weighted by atomic mass is 31.2. The van der Waals surface area contributed by atoms with E-state index in [4.69, 9.17) is 13.8 Å². The second kappa shape index (κ2) is 8.68. The van der Waals surface area contributed by atoms with Crippen LogP contribution in [0.4, 0.5) is 4.79 Å². The largest absolute Gasteiger partial charge is 0.509 e. The predicted molar refractivity (Wildman–Crippen MR) is 64.7 cm³/mol. The lowest BCUT2D eigenvalue weighted by Gasteiger charge is -2.20. The van der Waals surface area contributed by atoms with Crippen molar-refractivity contribution in [2.24, 2.45) is 0 Å². The average Bonchev–Trinajstić information content (AvgIpc) is 2.40. The summed E-state index contributed by atoms with van der Waals surface area (Å²) in [4.78, 5) is 21.6. The molecule has 0 amide bonds. The van der Waals surface area contributed by atoms with Crippen molar-refractivity contribution in [1.82, 2.24) is 0 Å². The minimum atomic E-state index is -3.67. The van der Waals surface area contributed by atoms with E-state index in [2.05, 4.69) is 9.47 Å². The molecule has 8 nitrogen and oxygen atoms in total. The van der Waals surface area contributed by atoms with Crippen LogP contribution >= 0.6 is 7.60 Å². The number of methoxy groups -OCH3 is 1. The number of carbonyl (C=O) groups is 2. The number of esters is 1. The first-order valence-electron chi connectivity index (χ1n) is 5.15. The van der Waals surface area contributed by atoms with Crippen molar-refractivity contribution in [3.05, 3.63) is 12.2 Å². The average molecular weight is 296 g/mol. The summed E-state index contributed by atoms with van der Waals surface area (Å²) in [6, 6.07) is 0. The van der Waals surface area contributed by atoms with Gasteiger partial charge in [0.1, 0.15) is 6.61 Å². The van der Waals surface area contributed by atoms with Gasteiger partial charge in [-0.3, -0.25) is 9.36 Å². The lowest BCUT2D eigenvalue weighted by atomic mass is 10.5. The Balaban J connectivity index is 4.81. The van der Waals surface area contributed by atoms with Crippen LogP contribution < -0.4 is 0 Å². The minimum Gasteiger partial charge on any atom is -0.462 e. The molecule has 0 bridgehead atoms. The van der Waals surface area contributed by atoms with Crippen molar-refractivity contribution in [2.45, 2.75) is 12.8 Å². The van der Waals surface area contributed by atoms with E-state index in [1.165, 1.54) is 19.1 Å². The molecule has 9 heteroatoms. The third-order valence-electron chi connectivity index (χ3n) is 1.89. The highest BCUT2D eigenvalue weighted by Crippen LogP contribution is 2.52. The summed E-state index contributed by atoms with van der Waals surface area (Å²) in [6.07, 6.45) is 1.53. The van der Waals surface area contributed by atoms with E-state index in [9.17, 15) is 14.2 Å². The fourth-order valence-electron chi connectivity index (χ4n) is 0.976. The summed E-state index contributed by atoms with van der Waals surface area (Å²) >= 11 is 0. The zero-order valence-corrected chi connectivity index (χ0v) is 12.0. The van der Waals surface area contributed by atoms with Crippen molar-refractivity contribution >= 4 is 19.7 Å². The molecule has 110 valence electrons. The van der Waals surface area contributed by atoms with Gasteiger partial charge in [-0.2, -0.15) is 0 Å². The lowest BCUT2D eigenvalue weighted by molar-refractivity contribution is -0.139. The van der Waals surface area contributed by atoms with Crippen molar-refractivity contribution in [3.63, 3.8) is 0 Å². The maximum atomic E-state index is 12.1. The number of ether oxygens (including phenoxy) is 3. The number of carbonyl (C=O) groups excluding carboxylic acids is 2. The molecule has 0 heterocycles. The summed E-state index contributed by atoms with van der Waals surface area (Å²) < 4.78 is 35.2. The van der Waals surface area contributed by atoms with E-state index in [-0.39, 0.29) is 6.61 Å². The van der Waals surface area contributed by atoms with Crippen molar-refractivity contribution in [2.75, 3.05) is 27.9 Å². The number of hydrogen-bond acceptors (Lipinski definition) is 8. The fraction of sp³-hybridized carbons (Fsp3) is 0.600. The van der Waals surface area contributed by atoms with E-state index in [0.717, 1.165) is 21.3 Å². The zero-order valence-electron chi connectivity index (χ0n) is 11.2. The van der Waals surface area contributed by atoms with Gasteiger partial charge in [-0.15, -0.1) is 0 Å². The third kappa shape index (κ3) is 6.37. The standard InChI is InChI=1S/C10H17O8P/c1-8(11)17-7-5-6-9(18-10(12)14-2)19(13,15-3)16-4/h5-6,9H,7H2,1-4H3/b6-5+.